The number of rotatable bonds is 4. The maximum absolute atomic E-state index is 10.2. The highest BCUT2D eigenvalue weighted by Gasteiger charge is 2.07. The van der Waals surface area contributed by atoms with Crippen molar-refractivity contribution in [2.75, 3.05) is 19.5 Å². The average molecular weight is 181 g/mol. The fourth-order valence-corrected chi connectivity index (χ4v) is 1.06. The van der Waals surface area contributed by atoms with Crippen molar-refractivity contribution >= 4 is 12.1 Å². The molecule has 0 bridgehead atoms. The highest BCUT2D eigenvalue weighted by molar-refractivity contribution is 5.77. The normalized spacial score (nSPS) is 9.08. The van der Waals surface area contributed by atoms with E-state index in [1.165, 1.54) is 7.11 Å². The Bertz CT molecular complexity index is 299. The average Bonchev–Trinajstić information content (AvgIpc) is 2.18. The molecule has 1 N–H and O–H groups in total. The van der Waals surface area contributed by atoms with E-state index >= 15 is 0 Å². The Hall–Kier alpha value is -1.71. The lowest BCUT2D eigenvalue weighted by atomic mass is 10.2. The van der Waals surface area contributed by atoms with E-state index in [9.17, 15) is 4.79 Å². The summed E-state index contributed by atoms with van der Waals surface area (Å²) in [6, 6.07) is 5.26. The second kappa shape index (κ2) is 4.35. The molecule has 0 saturated heterocycles. The Morgan fingerprint density at radius 3 is 2.62 bits per heavy atom. The molecule has 0 fully saturated rings. The van der Waals surface area contributed by atoms with Crippen molar-refractivity contribution in [1.29, 1.82) is 0 Å². The molecule has 0 atom stereocenters. The lowest BCUT2D eigenvalue weighted by molar-refractivity contribution is -0.105. The summed E-state index contributed by atoms with van der Waals surface area (Å²) in [6.07, 6.45) is 0.595. The van der Waals surface area contributed by atoms with Gasteiger partial charge in [-0.15, -0.1) is 0 Å². The Morgan fingerprint density at radius 2 is 2.08 bits per heavy atom. The molecular weight excluding hydrogens is 170 g/mol. The molecular formula is C9H11NO3. The number of anilines is 1. The number of carbonyl (C=O) groups is 1. The van der Waals surface area contributed by atoms with E-state index in [0.717, 1.165) is 0 Å². The predicted molar refractivity (Wildman–Crippen MR) is 49.2 cm³/mol. The first-order valence-corrected chi connectivity index (χ1v) is 3.74. The van der Waals surface area contributed by atoms with Gasteiger partial charge in [-0.05, 0) is 12.1 Å². The van der Waals surface area contributed by atoms with Crippen molar-refractivity contribution in [2.45, 2.75) is 0 Å². The van der Waals surface area contributed by atoms with Crippen LogP contribution < -0.4 is 14.8 Å². The van der Waals surface area contributed by atoms with E-state index < -0.39 is 0 Å². The van der Waals surface area contributed by atoms with Gasteiger partial charge in [0.15, 0.2) is 11.5 Å². The second-order valence-electron chi connectivity index (χ2n) is 2.30. The summed E-state index contributed by atoms with van der Waals surface area (Å²) >= 11 is 0. The van der Waals surface area contributed by atoms with Crippen LogP contribution >= 0.6 is 0 Å². The first-order chi connectivity index (χ1) is 6.33. The van der Waals surface area contributed by atoms with Crippen molar-refractivity contribution < 1.29 is 14.3 Å². The van der Waals surface area contributed by atoms with Crippen LogP contribution in [-0.4, -0.2) is 20.6 Å². The third kappa shape index (κ3) is 1.90. The number of nitrogens with one attached hydrogen (secondary N) is 1. The van der Waals surface area contributed by atoms with Crippen LogP contribution in [0.5, 0.6) is 11.5 Å². The molecule has 4 heteroatoms. The highest BCUT2D eigenvalue weighted by Crippen LogP contribution is 2.34. The number of amides is 1. The van der Waals surface area contributed by atoms with Gasteiger partial charge >= 0.3 is 0 Å². The number of carbonyl (C=O) groups excluding carboxylic acids is 1. The number of methoxy groups -OCH3 is 2. The van der Waals surface area contributed by atoms with Crippen molar-refractivity contribution in [3.05, 3.63) is 18.2 Å². The fraction of sp³-hybridized carbons (Fsp3) is 0.222. The van der Waals surface area contributed by atoms with Gasteiger partial charge in [0.1, 0.15) is 0 Å². The molecule has 0 heterocycles. The van der Waals surface area contributed by atoms with Crippen LogP contribution in [0.1, 0.15) is 0 Å². The van der Waals surface area contributed by atoms with Gasteiger partial charge in [0, 0.05) is 0 Å². The third-order valence-electron chi connectivity index (χ3n) is 1.62. The molecule has 0 saturated carbocycles. The molecule has 1 rings (SSSR count). The van der Waals surface area contributed by atoms with Crippen LogP contribution in [0.15, 0.2) is 18.2 Å². The minimum absolute atomic E-state index is 0.525. The van der Waals surface area contributed by atoms with E-state index in [1.54, 1.807) is 25.3 Å². The smallest absolute Gasteiger partial charge is 0.211 e. The van der Waals surface area contributed by atoms with Crippen LogP contribution in [0.2, 0.25) is 0 Å². The number of ether oxygens (including phenoxy) is 2. The van der Waals surface area contributed by atoms with Crippen molar-refractivity contribution in [1.82, 2.24) is 0 Å². The molecule has 70 valence electrons. The summed E-state index contributed by atoms with van der Waals surface area (Å²) in [5.41, 5.74) is 0.594. The Morgan fingerprint density at radius 1 is 1.31 bits per heavy atom. The lowest BCUT2D eigenvalue weighted by Gasteiger charge is -2.10. The van der Waals surface area contributed by atoms with Gasteiger partial charge in [-0.25, -0.2) is 0 Å². The molecule has 13 heavy (non-hydrogen) atoms. The maximum atomic E-state index is 10.2. The predicted octanol–water partition coefficient (Wildman–Crippen LogP) is 1.27. The number of hydrogen-bond donors (Lipinski definition) is 1. The van der Waals surface area contributed by atoms with Gasteiger partial charge in [0.25, 0.3) is 0 Å². The standard InChI is InChI=1S/C9H11NO3/c1-12-8-5-3-4-7(10-6-11)9(8)13-2/h3-6H,1-2H3,(H,10,11). The molecule has 0 radical (unpaired) electrons. The van der Waals surface area contributed by atoms with Gasteiger partial charge in [-0.1, -0.05) is 6.07 Å². The minimum atomic E-state index is 0.525. The molecule has 0 unspecified atom stereocenters. The van der Waals surface area contributed by atoms with Gasteiger partial charge < -0.3 is 14.8 Å². The maximum Gasteiger partial charge on any atom is 0.211 e. The Balaban J connectivity index is 3.10. The second-order valence-corrected chi connectivity index (χ2v) is 2.30. The lowest BCUT2D eigenvalue weighted by Crippen LogP contribution is -1.98. The van der Waals surface area contributed by atoms with E-state index in [2.05, 4.69) is 5.32 Å². The molecule has 1 aromatic carbocycles. The zero-order valence-corrected chi connectivity index (χ0v) is 7.53. The van der Waals surface area contributed by atoms with E-state index in [-0.39, 0.29) is 0 Å². The van der Waals surface area contributed by atoms with Crippen LogP contribution in [0, 0.1) is 0 Å². The van der Waals surface area contributed by atoms with Gasteiger partial charge in [0.05, 0.1) is 19.9 Å². The number of para-hydroxylation sites is 1. The topological polar surface area (TPSA) is 47.6 Å². The van der Waals surface area contributed by atoms with Crippen LogP contribution in [0.25, 0.3) is 0 Å². The summed E-state index contributed by atoms with van der Waals surface area (Å²) in [5.74, 6) is 1.12. The van der Waals surface area contributed by atoms with Crippen LogP contribution in [-0.2, 0) is 4.79 Å². The summed E-state index contributed by atoms with van der Waals surface area (Å²) in [4.78, 5) is 10.2. The zero-order valence-electron chi connectivity index (χ0n) is 7.53. The first kappa shape index (κ1) is 9.38. The summed E-state index contributed by atoms with van der Waals surface area (Å²) in [6.45, 7) is 0. The molecule has 0 aliphatic rings. The third-order valence-corrected chi connectivity index (χ3v) is 1.62. The Kier molecular flexibility index (Phi) is 3.14. The first-order valence-electron chi connectivity index (χ1n) is 3.74. The van der Waals surface area contributed by atoms with Gasteiger partial charge in [0.2, 0.25) is 6.41 Å². The summed E-state index contributed by atoms with van der Waals surface area (Å²) in [5, 5.41) is 2.52. The van der Waals surface area contributed by atoms with E-state index in [0.29, 0.717) is 23.6 Å². The molecule has 1 aromatic rings. The minimum Gasteiger partial charge on any atom is -0.493 e. The SMILES string of the molecule is COc1cccc(NC=O)c1OC. The molecule has 0 aromatic heterocycles. The van der Waals surface area contributed by atoms with Crippen molar-refractivity contribution in [3.63, 3.8) is 0 Å². The Labute approximate surface area is 76.5 Å². The molecule has 0 aliphatic heterocycles. The monoisotopic (exact) mass is 181 g/mol. The molecule has 4 nitrogen and oxygen atoms in total. The fourth-order valence-electron chi connectivity index (χ4n) is 1.06. The van der Waals surface area contributed by atoms with Gasteiger partial charge in [-0.3, -0.25) is 4.79 Å². The van der Waals surface area contributed by atoms with E-state index in [4.69, 9.17) is 9.47 Å². The molecule has 1 amide bonds. The molecule has 0 spiro atoms. The zero-order chi connectivity index (χ0) is 9.68. The largest absolute Gasteiger partial charge is 0.493 e. The van der Waals surface area contributed by atoms with E-state index in [1.807, 2.05) is 0 Å². The van der Waals surface area contributed by atoms with Crippen LogP contribution in [0.3, 0.4) is 0 Å². The summed E-state index contributed by atoms with van der Waals surface area (Å²) in [7, 11) is 3.07. The van der Waals surface area contributed by atoms with Gasteiger partial charge in [-0.2, -0.15) is 0 Å². The quantitative estimate of drug-likeness (QED) is 0.711. The highest BCUT2D eigenvalue weighted by atomic mass is 16.5. The number of benzene rings is 1. The molecule has 0 aliphatic carbocycles. The summed E-state index contributed by atoms with van der Waals surface area (Å²) < 4.78 is 10.1. The van der Waals surface area contributed by atoms with Crippen LogP contribution in [0.4, 0.5) is 5.69 Å². The number of hydrogen-bond acceptors (Lipinski definition) is 3. The van der Waals surface area contributed by atoms with Crippen molar-refractivity contribution in [2.24, 2.45) is 0 Å². The van der Waals surface area contributed by atoms with Crippen molar-refractivity contribution in [3.8, 4) is 11.5 Å².